The summed E-state index contributed by atoms with van der Waals surface area (Å²) in [4.78, 5) is 13.1. The Morgan fingerprint density at radius 2 is 2.36 bits per heavy atom. The molecule has 0 amide bonds. The van der Waals surface area contributed by atoms with Gasteiger partial charge in [-0.25, -0.2) is 0 Å². The number of nitrogens with zero attached hydrogens (tertiary/aromatic N) is 4. The first-order chi connectivity index (χ1) is 6.38. The second-order valence-corrected chi connectivity index (χ2v) is 3.63. The van der Waals surface area contributed by atoms with Crippen LogP contribution in [0.5, 0.6) is 0 Å². The summed E-state index contributed by atoms with van der Waals surface area (Å²) >= 11 is 0. The molecule has 0 aromatic carbocycles. The van der Waals surface area contributed by atoms with Crippen molar-refractivity contribution in [2.24, 2.45) is 0 Å². The SMILES string of the molecule is CC(C)(O)CCn1cnc([N+](=O)[O-])n1. The van der Waals surface area contributed by atoms with Crippen molar-refractivity contribution in [3.05, 3.63) is 16.4 Å². The Hall–Kier alpha value is -1.50. The lowest BCUT2D eigenvalue weighted by Gasteiger charge is -2.14. The Kier molecular flexibility index (Phi) is 2.80. The minimum atomic E-state index is -0.805. The van der Waals surface area contributed by atoms with Crippen molar-refractivity contribution in [3.63, 3.8) is 0 Å². The molecule has 0 atom stereocenters. The van der Waals surface area contributed by atoms with E-state index in [1.54, 1.807) is 13.8 Å². The molecule has 0 aliphatic rings. The number of hydrogen-bond acceptors (Lipinski definition) is 5. The predicted molar refractivity (Wildman–Crippen MR) is 47.6 cm³/mol. The molecule has 1 N–H and O–H groups in total. The highest BCUT2D eigenvalue weighted by atomic mass is 16.6. The third-order valence-corrected chi connectivity index (χ3v) is 1.64. The minimum absolute atomic E-state index is 0.407. The van der Waals surface area contributed by atoms with Gasteiger partial charge in [-0.2, -0.15) is 4.68 Å². The van der Waals surface area contributed by atoms with Crippen molar-refractivity contribution in [2.45, 2.75) is 32.4 Å². The van der Waals surface area contributed by atoms with E-state index in [-0.39, 0.29) is 0 Å². The molecular weight excluding hydrogens is 188 g/mol. The monoisotopic (exact) mass is 200 g/mol. The molecule has 0 spiro atoms. The Labute approximate surface area is 80.5 Å². The largest absolute Gasteiger partial charge is 0.490 e. The van der Waals surface area contributed by atoms with Gasteiger partial charge in [0.15, 0.2) is 0 Å². The lowest BCUT2D eigenvalue weighted by Crippen LogP contribution is -2.21. The summed E-state index contributed by atoms with van der Waals surface area (Å²) in [6.07, 6.45) is 1.75. The number of nitro groups is 1. The lowest BCUT2D eigenvalue weighted by atomic mass is 10.1. The molecule has 0 saturated carbocycles. The van der Waals surface area contributed by atoms with E-state index < -0.39 is 16.5 Å². The van der Waals surface area contributed by atoms with Crippen LogP contribution in [-0.4, -0.2) is 30.4 Å². The lowest BCUT2D eigenvalue weighted by molar-refractivity contribution is -0.394. The Bertz CT molecular complexity index is 328. The second kappa shape index (κ2) is 3.70. The van der Waals surface area contributed by atoms with Crippen molar-refractivity contribution in [1.29, 1.82) is 0 Å². The maximum atomic E-state index is 10.2. The fourth-order valence-electron chi connectivity index (χ4n) is 0.864. The van der Waals surface area contributed by atoms with E-state index >= 15 is 0 Å². The molecule has 0 aliphatic heterocycles. The van der Waals surface area contributed by atoms with Gasteiger partial charge in [-0.3, -0.25) is 0 Å². The van der Waals surface area contributed by atoms with Gasteiger partial charge in [0.2, 0.25) is 6.33 Å². The average Bonchev–Trinajstić information content (AvgIpc) is 2.47. The zero-order valence-corrected chi connectivity index (χ0v) is 8.04. The van der Waals surface area contributed by atoms with Crippen LogP contribution in [0.1, 0.15) is 20.3 Å². The molecule has 1 aromatic rings. The molecule has 7 heteroatoms. The van der Waals surface area contributed by atoms with E-state index in [4.69, 9.17) is 0 Å². The number of aryl methyl sites for hydroxylation is 1. The maximum Gasteiger partial charge on any atom is 0.490 e. The molecular formula is C7H12N4O3. The highest BCUT2D eigenvalue weighted by Gasteiger charge is 2.16. The van der Waals surface area contributed by atoms with Crippen molar-refractivity contribution in [2.75, 3.05) is 0 Å². The smallest absolute Gasteiger partial charge is 0.390 e. The van der Waals surface area contributed by atoms with Crippen LogP contribution in [0.4, 0.5) is 5.95 Å². The van der Waals surface area contributed by atoms with Gasteiger partial charge in [-0.05, 0) is 25.2 Å². The number of hydrogen-bond donors (Lipinski definition) is 1. The van der Waals surface area contributed by atoms with E-state index in [1.165, 1.54) is 11.0 Å². The third kappa shape index (κ3) is 3.09. The quantitative estimate of drug-likeness (QED) is 0.559. The molecule has 7 nitrogen and oxygen atoms in total. The summed E-state index contributed by atoms with van der Waals surface area (Å²) < 4.78 is 1.34. The van der Waals surface area contributed by atoms with E-state index in [1.807, 2.05) is 0 Å². The molecule has 78 valence electrons. The first-order valence-corrected chi connectivity index (χ1v) is 4.15. The summed E-state index contributed by atoms with van der Waals surface area (Å²) in [5.74, 6) is -0.416. The first kappa shape index (κ1) is 10.6. The van der Waals surface area contributed by atoms with Gasteiger partial charge in [-0.15, -0.1) is 0 Å². The van der Waals surface area contributed by atoms with Gasteiger partial charge in [0.25, 0.3) is 0 Å². The molecule has 1 aromatic heterocycles. The molecule has 14 heavy (non-hydrogen) atoms. The van der Waals surface area contributed by atoms with Gasteiger partial charge in [0.1, 0.15) is 0 Å². The van der Waals surface area contributed by atoms with Crippen LogP contribution in [-0.2, 0) is 6.54 Å². The summed E-state index contributed by atoms with van der Waals surface area (Å²) in [5.41, 5.74) is -0.805. The van der Waals surface area contributed by atoms with E-state index in [0.717, 1.165) is 0 Å². The number of aromatic nitrogens is 3. The molecule has 0 radical (unpaired) electrons. The van der Waals surface area contributed by atoms with Crippen LogP contribution in [0.25, 0.3) is 0 Å². The van der Waals surface area contributed by atoms with Gasteiger partial charge < -0.3 is 15.2 Å². The third-order valence-electron chi connectivity index (χ3n) is 1.64. The van der Waals surface area contributed by atoms with Crippen LogP contribution in [0, 0.1) is 10.1 Å². The summed E-state index contributed by atoms with van der Waals surface area (Å²) in [5, 5.41) is 23.2. The van der Waals surface area contributed by atoms with E-state index in [2.05, 4.69) is 10.1 Å². The minimum Gasteiger partial charge on any atom is -0.390 e. The fourth-order valence-corrected chi connectivity index (χ4v) is 0.864. The maximum absolute atomic E-state index is 10.2. The van der Waals surface area contributed by atoms with Gasteiger partial charge >= 0.3 is 5.95 Å². The van der Waals surface area contributed by atoms with Gasteiger partial charge in [0, 0.05) is 5.10 Å². The van der Waals surface area contributed by atoms with Crippen molar-refractivity contribution >= 4 is 5.95 Å². The van der Waals surface area contributed by atoms with Crippen LogP contribution >= 0.6 is 0 Å². The Morgan fingerprint density at radius 1 is 1.71 bits per heavy atom. The van der Waals surface area contributed by atoms with E-state index in [0.29, 0.717) is 13.0 Å². The molecule has 0 aliphatic carbocycles. The summed E-state index contributed by atoms with van der Waals surface area (Å²) in [6, 6.07) is 0. The van der Waals surface area contributed by atoms with Crippen molar-refractivity contribution in [3.8, 4) is 0 Å². The average molecular weight is 200 g/mol. The van der Waals surface area contributed by atoms with Gasteiger partial charge in [-0.1, -0.05) is 4.98 Å². The highest BCUT2D eigenvalue weighted by Crippen LogP contribution is 2.09. The fraction of sp³-hybridized carbons (Fsp3) is 0.714. The van der Waals surface area contributed by atoms with Gasteiger partial charge in [0.05, 0.1) is 12.1 Å². The van der Waals surface area contributed by atoms with Crippen LogP contribution in [0.2, 0.25) is 0 Å². The highest BCUT2D eigenvalue weighted by molar-refractivity contribution is 4.96. The number of aliphatic hydroxyl groups is 1. The second-order valence-electron chi connectivity index (χ2n) is 3.63. The normalized spacial score (nSPS) is 11.6. The molecule has 0 bridgehead atoms. The summed E-state index contributed by atoms with van der Waals surface area (Å²) in [6.45, 7) is 3.74. The molecule has 1 rings (SSSR count). The van der Waals surface area contributed by atoms with Crippen LogP contribution in [0.3, 0.4) is 0 Å². The topological polar surface area (TPSA) is 94.1 Å². The van der Waals surface area contributed by atoms with Crippen LogP contribution < -0.4 is 0 Å². The zero-order valence-electron chi connectivity index (χ0n) is 8.04. The van der Waals surface area contributed by atoms with E-state index in [9.17, 15) is 15.2 Å². The predicted octanol–water partition coefficient (Wildman–Crippen LogP) is 0.347. The summed E-state index contributed by atoms with van der Waals surface area (Å²) in [7, 11) is 0. The van der Waals surface area contributed by atoms with Crippen LogP contribution in [0.15, 0.2) is 6.33 Å². The molecule has 0 fully saturated rings. The zero-order chi connectivity index (χ0) is 10.8. The molecule has 0 unspecified atom stereocenters. The van der Waals surface area contributed by atoms with Crippen molar-refractivity contribution in [1.82, 2.24) is 14.8 Å². The Morgan fingerprint density at radius 3 is 2.79 bits per heavy atom. The standard InChI is InChI=1S/C7H12N4O3/c1-7(2,12)3-4-10-5-8-6(9-10)11(13)14/h5,12H,3-4H2,1-2H3. The number of rotatable bonds is 4. The molecule has 0 saturated heterocycles. The van der Waals surface area contributed by atoms with Crippen molar-refractivity contribution < 1.29 is 10.0 Å². The molecule has 1 heterocycles. The Balaban J connectivity index is 2.56. The first-order valence-electron chi connectivity index (χ1n) is 4.15.